The Balaban J connectivity index is 3.49. The highest BCUT2D eigenvalue weighted by Crippen LogP contribution is 2.43. The van der Waals surface area contributed by atoms with E-state index in [9.17, 15) is 8.42 Å². The molecule has 1 aromatic rings. The molecule has 0 aliphatic carbocycles. The van der Waals surface area contributed by atoms with Gasteiger partial charge in [-0.1, -0.05) is 11.6 Å². The molecule has 0 aliphatic rings. The molecule has 0 amide bonds. The molecule has 0 bridgehead atoms. The fourth-order valence-electron chi connectivity index (χ4n) is 1.46. The van der Waals surface area contributed by atoms with Gasteiger partial charge in [-0.15, -0.1) is 0 Å². The van der Waals surface area contributed by atoms with Gasteiger partial charge < -0.3 is 14.2 Å². The van der Waals surface area contributed by atoms with Crippen LogP contribution in [0.1, 0.15) is 5.56 Å². The van der Waals surface area contributed by atoms with E-state index in [-0.39, 0.29) is 22.1 Å². The molecule has 5 nitrogen and oxygen atoms in total. The molecular formula is C10H12Cl2O5S. The molecule has 18 heavy (non-hydrogen) atoms. The van der Waals surface area contributed by atoms with Gasteiger partial charge in [0.25, 0.3) is 0 Å². The highest BCUT2D eigenvalue weighted by Gasteiger charge is 2.22. The summed E-state index contributed by atoms with van der Waals surface area (Å²) in [5.74, 6) is 0.379. The zero-order chi connectivity index (χ0) is 13.9. The zero-order valence-corrected chi connectivity index (χ0v) is 12.3. The molecule has 1 rings (SSSR count). The molecular weight excluding hydrogens is 303 g/mol. The molecule has 102 valence electrons. The monoisotopic (exact) mass is 314 g/mol. The number of hydrogen-bond donors (Lipinski definition) is 0. The van der Waals surface area contributed by atoms with Crippen molar-refractivity contribution in [1.29, 1.82) is 0 Å². The third-order valence-electron chi connectivity index (χ3n) is 2.21. The van der Waals surface area contributed by atoms with Crippen LogP contribution in [-0.2, 0) is 14.8 Å². The maximum Gasteiger partial charge on any atom is 0.236 e. The minimum Gasteiger partial charge on any atom is -0.496 e. The number of methoxy groups -OCH3 is 3. The lowest BCUT2D eigenvalue weighted by Crippen LogP contribution is -2.02. The molecule has 0 heterocycles. The number of halogens is 2. The quantitative estimate of drug-likeness (QED) is 0.781. The first-order valence-electron chi connectivity index (χ1n) is 4.73. The summed E-state index contributed by atoms with van der Waals surface area (Å²) < 4.78 is 37.5. The van der Waals surface area contributed by atoms with Crippen LogP contribution in [0.5, 0.6) is 17.2 Å². The van der Waals surface area contributed by atoms with Crippen molar-refractivity contribution in [1.82, 2.24) is 0 Å². The van der Waals surface area contributed by atoms with Crippen molar-refractivity contribution in [2.45, 2.75) is 5.75 Å². The minimum atomic E-state index is -3.77. The Morgan fingerprint density at radius 2 is 1.67 bits per heavy atom. The van der Waals surface area contributed by atoms with Gasteiger partial charge in [-0.3, -0.25) is 0 Å². The summed E-state index contributed by atoms with van der Waals surface area (Å²) >= 11 is 6.07. The van der Waals surface area contributed by atoms with Crippen molar-refractivity contribution in [3.05, 3.63) is 16.7 Å². The van der Waals surface area contributed by atoms with E-state index in [0.717, 1.165) is 0 Å². The Hall–Kier alpha value is -0.850. The van der Waals surface area contributed by atoms with Crippen molar-refractivity contribution >= 4 is 31.3 Å². The fraction of sp³-hybridized carbons (Fsp3) is 0.400. The van der Waals surface area contributed by atoms with Crippen LogP contribution in [0.25, 0.3) is 0 Å². The van der Waals surface area contributed by atoms with Gasteiger partial charge in [-0.2, -0.15) is 0 Å². The molecule has 0 spiro atoms. The van der Waals surface area contributed by atoms with E-state index in [1.807, 2.05) is 0 Å². The summed E-state index contributed by atoms with van der Waals surface area (Å²) in [6.07, 6.45) is 0. The van der Waals surface area contributed by atoms with Gasteiger partial charge in [0.05, 0.1) is 32.1 Å². The van der Waals surface area contributed by atoms with Gasteiger partial charge in [0.15, 0.2) is 11.5 Å². The highest BCUT2D eigenvalue weighted by molar-refractivity contribution is 8.13. The first-order valence-corrected chi connectivity index (χ1v) is 7.59. The second-order valence-corrected chi connectivity index (χ2v) is 6.44. The molecule has 0 saturated carbocycles. The van der Waals surface area contributed by atoms with Crippen LogP contribution in [0.3, 0.4) is 0 Å². The number of benzene rings is 1. The van der Waals surface area contributed by atoms with Crippen LogP contribution in [0.4, 0.5) is 0 Å². The lowest BCUT2D eigenvalue weighted by Gasteiger charge is -2.15. The highest BCUT2D eigenvalue weighted by atomic mass is 35.7. The Bertz CT molecular complexity index is 542. The van der Waals surface area contributed by atoms with E-state index < -0.39 is 14.8 Å². The van der Waals surface area contributed by atoms with Gasteiger partial charge in [0, 0.05) is 22.3 Å². The average molecular weight is 315 g/mol. The first kappa shape index (κ1) is 15.2. The lowest BCUT2D eigenvalue weighted by atomic mass is 10.2. The average Bonchev–Trinajstić information content (AvgIpc) is 2.29. The summed E-state index contributed by atoms with van der Waals surface area (Å²) in [5.41, 5.74) is 0.229. The molecule has 0 atom stereocenters. The Morgan fingerprint density at radius 3 is 2.06 bits per heavy atom. The number of rotatable bonds is 5. The molecule has 0 aliphatic heterocycles. The second kappa shape index (κ2) is 5.86. The number of ether oxygens (including phenoxy) is 3. The van der Waals surface area contributed by atoms with Crippen molar-refractivity contribution in [2.75, 3.05) is 21.3 Å². The molecule has 0 saturated heterocycles. The maximum absolute atomic E-state index is 11.2. The Kier molecular flexibility index (Phi) is 4.95. The molecule has 0 aromatic heterocycles. The largest absolute Gasteiger partial charge is 0.496 e. The molecule has 0 fully saturated rings. The van der Waals surface area contributed by atoms with Crippen LogP contribution in [0.2, 0.25) is 5.02 Å². The lowest BCUT2D eigenvalue weighted by molar-refractivity contribution is 0.348. The molecule has 0 N–H and O–H groups in total. The third kappa shape index (κ3) is 3.34. The SMILES string of the molecule is COc1cc(OC)c(OC)c(Cl)c1CS(=O)(=O)Cl. The van der Waals surface area contributed by atoms with E-state index in [1.54, 1.807) is 0 Å². The predicted octanol–water partition coefficient (Wildman–Crippen LogP) is 2.43. The summed E-state index contributed by atoms with van der Waals surface area (Å²) in [4.78, 5) is 0. The number of hydrogen-bond acceptors (Lipinski definition) is 5. The summed E-state index contributed by atoms with van der Waals surface area (Å²) in [5, 5.41) is 0.0953. The molecule has 0 unspecified atom stereocenters. The van der Waals surface area contributed by atoms with E-state index in [2.05, 4.69) is 0 Å². The van der Waals surface area contributed by atoms with Gasteiger partial charge in [-0.25, -0.2) is 8.42 Å². The van der Waals surface area contributed by atoms with E-state index >= 15 is 0 Å². The topological polar surface area (TPSA) is 61.8 Å². The van der Waals surface area contributed by atoms with Crippen molar-refractivity contribution in [2.24, 2.45) is 0 Å². The van der Waals surface area contributed by atoms with Crippen LogP contribution in [-0.4, -0.2) is 29.7 Å². The third-order valence-corrected chi connectivity index (χ3v) is 3.57. The van der Waals surface area contributed by atoms with E-state index in [0.29, 0.717) is 5.75 Å². The van der Waals surface area contributed by atoms with E-state index in [4.69, 9.17) is 36.5 Å². The summed E-state index contributed by atoms with van der Waals surface area (Å²) in [6, 6.07) is 1.49. The maximum atomic E-state index is 11.2. The Morgan fingerprint density at radius 1 is 1.11 bits per heavy atom. The van der Waals surface area contributed by atoms with Crippen LogP contribution >= 0.6 is 22.3 Å². The standard InChI is InChI=1S/C10H12Cl2O5S/c1-15-7-4-8(16-2)10(17-3)9(11)6(7)5-18(12,13)14/h4H,5H2,1-3H3. The second-order valence-electron chi connectivity index (χ2n) is 3.29. The Labute approximate surface area is 115 Å². The van der Waals surface area contributed by atoms with Crippen LogP contribution < -0.4 is 14.2 Å². The summed E-state index contributed by atoms with van der Waals surface area (Å²) in [7, 11) is 5.68. The fourth-order valence-corrected chi connectivity index (χ4v) is 2.82. The molecule has 0 radical (unpaired) electrons. The smallest absolute Gasteiger partial charge is 0.236 e. The van der Waals surface area contributed by atoms with Gasteiger partial charge in [-0.05, 0) is 0 Å². The predicted molar refractivity (Wildman–Crippen MR) is 69.6 cm³/mol. The van der Waals surface area contributed by atoms with E-state index in [1.165, 1.54) is 27.4 Å². The molecule has 8 heteroatoms. The first-order chi connectivity index (χ1) is 8.34. The van der Waals surface area contributed by atoms with Crippen LogP contribution in [0.15, 0.2) is 6.07 Å². The van der Waals surface area contributed by atoms with Gasteiger partial charge in [0.1, 0.15) is 5.75 Å². The summed E-state index contributed by atoms with van der Waals surface area (Å²) in [6.45, 7) is 0. The van der Waals surface area contributed by atoms with Gasteiger partial charge >= 0.3 is 0 Å². The minimum absolute atomic E-state index is 0.0953. The van der Waals surface area contributed by atoms with Crippen molar-refractivity contribution < 1.29 is 22.6 Å². The normalized spacial score (nSPS) is 11.2. The van der Waals surface area contributed by atoms with Crippen molar-refractivity contribution in [3.8, 4) is 17.2 Å². The van der Waals surface area contributed by atoms with Crippen LogP contribution in [0, 0.1) is 0 Å². The zero-order valence-electron chi connectivity index (χ0n) is 9.99. The molecule has 1 aromatic carbocycles. The van der Waals surface area contributed by atoms with Crippen molar-refractivity contribution in [3.63, 3.8) is 0 Å². The van der Waals surface area contributed by atoms with Gasteiger partial charge in [0.2, 0.25) is 9.05 Å².